The average molecular weight is 358 g/mol. The van der Waals surface area contributed by atoms with Crippen molar-refractivity contribution in [2.75, 3.05) is 13.7 Å². The number of ether oxygens (including phenoxy) is 1. The molecule has 1 aliphatic rings. The molecule has 3 heterocycles. The molecule has 136 valence electrons. The van der Waals surface area contributed by atoms with Gasteiger partial charge in [0.15, 0.2) is 0 Å². The largest absolute Gasteiger partial charge is 0.497 e. The molecular weight excluding hydrogens is 336 g/mol. The van der Waals surface area contributed by atoms with Gasteiger partial charge in [0.05, 0.1) is 19.7 Å². The first-order valence-corrected chi connectivity index (χ1v) is 9.29. The summed E-state index contributed by atoms with van der Waals surface area (Å²) in [6.07, 6.45) is 4.73. The number of aromatic amines is 2. The molecule has 0 saturated heterocycles. The highest BCUT2D eigenvalue weighted by molar-refractivity contribution is 5.85. The van der Waals surface area contributed by atoms with Crippen LogP contribution in [0.5, 0.6) is 5.75 Å². The van der Waals surface area contributed by atoms with E-state index in [0.29, 0.717) is 0 Å². The van der Waals surface area contributed by atoms with E-state index < -0.39 is 0 Å². The quantitative estimate of drug-likeness (QED) is 0.579. The van der Waals surface area contributed by atoms with Crippen LogP contribution in [0.15, 0.2) is 60.9 Å². The monoisotopic (exact) mass is 358 g/mol. The van der Waals surface area contributed by atoms with Crippen molar-refractivity contribution in [3.05, 3.63) is 83.6 Å². The van der Waals surface area contributed by atoms with E-state index in [2.05, 4.69) is 62.3 Å². The van der Waals surface area contributed by atoms with Crippen LogP contribution in [-0.4, -0.2) is 33.5 Å². The van der Waals surface area contributed by atoms with Gasteiger partial charge in [-0.2, -0.15) is 0 Å². The Hall–Kier alpha value is -3.05. The number of imidazole rings is 1. The van der Waals surface area contributed by atoms with E-state index in [9.17, 15) is 0 Å². The number of aromatic nitrogens is 3. The highest BCUT2D eigenvalue weighted by Crippen LogP contribution is 2.39. The number of nitrogens with one attached hydrogen (secondary N) is 2. The van der Waals surface area contributed by atoms with Crippen molar-refractivity contribution < 1.29 is 4.74 Å². The van der Waals surface area contributed by atoms with Gasteiger partial charge in [0.1, 0.15) is 11.6 Å². The zero-order chi connectivity index (χ0) is 18.2. The van der Waals surface area contributed by atoms with Crippen molar-refractivity contribution in [2.24, 2.45) is 0 Å². The van der Waals surface area contributed by atoms with Crippen molar-refractivity contribution in [1.29, 1.82) is 0 Å². The van der Waals surface area contributed by atoms with Crippen LogP contribution in [-0.2, 0) is 13.0 Å². The van der Waals surface area contributed by atoms with E-state index in [0.717, 1.165) is 31.1 Å². The Bertz CT molecular complexity index is 1070. The van der Waals surface area contributed by atoms with Gasteiger partial charge in [-0.25, -0.2) is 4.98 Å². The summed E-state index contributed by atoms with van der Waals surface area (Å²) < 4.78 is 5.49. The Labute approximate surface area is 158 Å². The van der Waals surface area contributed by atoms with Crippen LogP contribution < -0.4 is 4.74 Å². The first kappa shape index (κ1) is 16.1. The molecule has 2 N–H and O–H groups in total. The molecule has 0 bridgehead atoms. The third-order valence-corrected chi connectivity index (χ3v) is 5.45. The first-order valence-electron chi connectivity index (χ1n) is 9.29. The van der Waals surface area contributed by atoms with Crippen molar-refractivity contribution in [2.45, 2.75) is 19.0 Å². The van der Waals surface area contributed by atoms with Gasteiger partial charge in [0, 0.05) is 35.5 Å². The zero-order valence-corrected chi connectivity index (χ0v) is 15.3. The van der Waals surface area contributed by atoms with Gasteiger partial charge in [-0.05, 0) is 35.7 Å². The molecule has 5 heteroatoms. The van der Waals surface area contributed by atoms with E-state index >= 15 is 0 Å². The third-order valence-electron chi connectivity index (χ3n) is 5.45. The smallest absolute Gasteiger partial charge is 0.120 e. The molecule has 0 fully saturated rings. The summed E-state index contributed by atoms with van der Waals surface area (Å²) in [5, 5.41) is 1.33. The average Bonchev–Trinajstić information content (AvgIpc) is 3.35. The summed E-state index contributed by atoms with van der Waals surface area (Å²) in [6.45, 7) is 1.76. The van der Waals surface area contributed by atoms with E-state index in [1.807, 2.05) is 18.5 Å². The molecule has 2 aromatic heterocycles. The Morgan fingerprint density at radius 2 is 2.11 bits per heavy atom. The number of benzene rings is 2. The molecule has 1 aliphatic heterocycles. The topological polar surface area (TPSA) is 56.9 Å². The normalized spacial score (nSPS) is 17.1. The Morgan fingerprint density at radius 3 is 2.96 bits per heavy atom. The van der Waals surface area contributed by atoms with Crippen LogP contribution in [0.4, 0.5) is 0 Å². The number of rotatable bonds is 4. The number of hydrogen-bond donors (Lipinski definition) is 2. The van der Waals surface area contributed by atoms with Gasteiger partial charge in [0.2, 0.25) is 0 Å². The molecule has 27 heavy (non-hydrogen) atoms. The lowest BCUT2D eigenvalue weighted by molar-refractivity contribution is 0.197. The van der Waals surface area contributed by atoms with Gasteiger partial charge in [-0.1, -0.05) is 30.3 Å². The zero-order valence-electron chi connectivity index (χ0n) is 15.3. The molecule has 1 atom stereocenters. The van der Waals surface area contributed by atoms with Gasteiger partial charge in [-0.15, -0.1) is 0 Å². The Kier molecular flexibility index (Phi) is 3.94. The maximum absolute atomic E-state index is 5.49. The molecule has 0 amide bonds. The maximum Gasteiger partial charge on any atom is 0.120 e. The van der Waals surface area contributed by atoms with Crippen molar-refractivity contribution >= 4 is 10.9 Å². The minimum atomic E-state index is 0.140. The summed E-state index contributed by atoms with van der Waals surface area (Å²) in [4.78, 5) is 13.9. The molecule has 0 unspecified atom stereocenters. The fourth-order valence-electron chi connectivity index (χ4n) is 4.23. The second-order valence-electron chi connectivity index (χ2n) is 7.00. The van der Waals surface area contributed by atoms with Crippen molar-refractivity contribution in [1.82, 2.24) is 19.9 Å². The second-order valence-corrected chi connectivity index (χ2v) is 7.00. The molecule has 0 aliphatic carbocycles. The van der Waals surface area contributed by atoms with E-state index in [-0.39, 0.29) is 6.04 Å². The Balaban J connectivity index is 1.64. The lowest BCUT2D eigenvalue weighted by atomic mass is 9.92. The molecular formula is C22H22N4O. The van der Waals surface area contributed by atoms with Crippen LogP contribution in [0.1, 0.15) is 28.7 Å². The summed E-state index contributed by atoms with van der Waals surface area (Å²) >= 11 is 0. The fraction of sp³-hybridized carbons (Fsp3) is 0.227. The SMILES string of the molecule is COc1cccc([C@H]2c3[nH]c4ccccc4c3CCN2Cc2ncc[nH]2)c1. The minimum Gasteiger partial charge on any atom is -0.497 e. The van der Waals surface area contributed by atoms with Crippen LogP contribution in [0, 0.1) is 0 Å². The number of para-hydroxylation sites is 1. The number of H-pyrrole nitrogens is 2. The molecule has 0 spiro atoms. The predicted octanol–water partition coefficient (Wildman–Crippen LogP) is 4.05. The molecule has 0 radical (unpaired) electrons. The summed E-state index contributed by atoms with van der Waals surface area (Å²) in [7, 11) is 1.72. The summed E-state index contributed by atoms with van der Waals surface area (Å²) in [5.41, 5.74) is 5.14. The van der Waals surface area contributed by atoms with Crippen LogP contribution in [0.3, 0.4) is 0 Å². The lowest BCUT2D eigenvalue weighted by Crippen LogP contribution is -2.36. The standard InChI is InChI=1S/C22H22N4O/c1-27-16-6-4-5-15(13-16)22-21-18(17-7-2-3-8-19(17)25-21)9-12-26(22)14-20-23-10-11-24-20/h2-8,10-11,13,22,25H,9,12,14H2,1H3,(H,23,24)/t22-/m0/s1. The molecule has 2 aromatic carbocycles. The maximum atomic E-state index is 5.49. The Morgan fingerprint density at radius 1 is 1.19 bits per heavy atom. The number of methoxy groups -OCH3 is 1. The van der Waals surface area contributed by atoms with Gasteiger partial charge in [-0.3, -0.25) is 4.90 Å². The molecule has 0 saturated carbocycles. The summed E-state index contributed by atoms with van der Waals surface area (Å²) in [5.74, 6) is 1.87. The van der Waals surface area contributed by atoms with Crippen molar-refractivity contribution in [3.8, 4) is 5.75 Å². The first-order chi connectivity index (χ1) is 13.3. The van der Waals surface area contributed by atoms with Crippen LogP contribution in [0.2, 0.25) is 0 Å². The minimum absolute atomic E-state index is 0.140. The van der Waals surface area contributed by atoms with Crippen LogP contribution >= 0.6 is 0 Å². The second kappa shape index (κ2) is 6.59. The number of fused-ring (bicyclic) bond motifs is 3. The number of hydrogen-bond acceptors (Lipinski definition) is 3. The molecule has 4 aromatic rings. The van der Waals surface area contributed by atoms with Gasteiger partial charge >= 0.3 is 0 Å². The highest BCUT2D eigenvalue weighted by atomic mass is 16.5. The summed E-state index contributed by atoms with van der Waals surface area (Å²) in [6, 6.07) is 17.1. The number of nitrogens with zero attached hydrogens (tertiary/aromatic N) is 2. The highest BCUT2D eigenvalue weighted by Gasteiger charge is 2.32. The fourth-order valence-corrected chi connectivity index (χ4v) is 4.23. The van der Waals surface area contributed by atoms with E-state index in [1.54, 1.807) is 7.11 Å². The van der Waals surface area contributed by atoms with Gasteiger partial charge in [0.25, 0.3) is 0 Å². The van der Waals surface area contributed by atoms with Crippen molar-refractivity contribution in [3.63, 3.8) is 0 Å². The van der Waals surface area contributed by atoms with E-state index in [1.165, 1.54) is 27.7 Å². The predicted molar refractivity (Wildman–Crippen MR) is 106 cm³/mol. The van der Waals surface area contributed by atoms with E-state index in [4.69, 9.17) is 4.74 Å². The molecule has 5 rings (SSSR count). The molecule has 5 nitrogen and oxygen atoms in total. The van der Waals surface area contributed by atoms with Gasteiger partial charge < -0.3 is 14.7 Å². The third kappa shape index (κ3) is 2.80. The van der Waals surface area contributed by atoms with Crippen LogP contribution in [0.25, 0.3) is 10.9 Å². The lowest BCUT2D eigenvalue weighted by Gasteiger charge is -2.35.